The maximum absolute atomic E-state index is 4.58. The van der Waals surface area contributed by atoms with E-state index in [0.717, 1.165) is 11.3 Å². The molecule has 0 spiro atoms. The molecule has 0 fully saturated rings. The zero-order chi connectivity index (χ0) is 34.4. The number of pyridine rings is 1. The number of rotatable bonds is 6. The van der Waals surface area contributed by atoms with Crippen LogP contribution in [0.3, 0.4) is 0 Å². The summed E-state index contributed by atoms with van der Waals surface area (Å²) in [5.74, 6) is 0. The fraction of sp³-hybridized carbons (Fsp3) is 0.125. The number of aliphatic imine (C=N–C) groups is 1. The van der Waals surface area contributed by atoms with Crippen LogP contribution in [0.1, 0.15) is 45.7 Å². The Labute approximate surface area is 294 Å². The minimum atomic E-state index is 0.0667. The molecule has 0 saturated heterocycles. The van der Waals surface area contributed by atoms with E-state index < -0.39 is 0 Å². The van der Waals surface area contributed by atoms with Crippen LogP contribution in [0.2, 0.25) is 0 Å². The summed E-state index contributed by atoms with van der Waals surface area (Å²) in [6, 6.07) is 47.3. The fourth-order valence-corrected chi connectivity index (χ4v) is 7.34. The summed E-state index contributed by atoms with van der Waals surface area (Å²) in [7, 11) is 0. The van der Waals surface area contributed by atoms with Crippen molar-refractivity contribution in [3.63, 3.8) is 0 Å². The molecule has 0 aliphatic heterocycles. The Bertz CT molecular complexity index is 2510. The minimum Gasteiger partial charge on any atom is -0.265 e. The van der Waals surface area contributed by atoms with Crippen molar-refractivity contribution >= 4 is 44.2 Å². The number of allylic oxidation sites excluding steroid dienone is 1. The summed E-state index contributed by atoms with van der Waals surface area (Å²) < 4.78 is 0. The van der Waals surface area contributed by atoms with E-state index >= 15 is 0 Å². The Balaban J connectivity index is 1.29. The van der Waals surface area contributed by atoms with E-state index in [1.54, 1.807) is 0 Å². The molecule has 7 aromatic carbocycles. The van der Waals surface area contributed by atoms with Crippen LogP contribution >= 0.6 is 0 Å². The molecule has 0 unspecified atom stereocenters. The van der Waals surface area contributed by atoms with Gasteiger partial charge in [-0.3, -0.25) is 9.98 Å². The summed E-state index contributed by atoms with van der Waals surface area (Å²) in [5.41, 5.74) is 13.2. The van der Waals surface area contributed by atoms with E-state index in [9.17, 15) is 0 Å². The third kappa shape index (κ3) is 5.57. The van der Waals surface area contributed by atoms with Gasteiger partial charge in [0.1, 0.15) is 0 Å². The number of hydrogen-bond acceptors (Lipinski definition) is 2. The molecule has 1 heterocycles. The normalized spacial score (nSPS) is 12.5. The maximum atomic E-state index is 4.58. The second-order valence-corrected chi connectivity index (χ2v) is 14.1. The molecule has 8 aromatic rings. The van der Waals surface area contributed by atoms with E-state index in [4.69, 9.17) is 0 Å². The molecule has 0 bridgehead atoms. The van der Waals surface area contributed by atoms with Crippen molar-refractivity contribution < 1.29 is 0 Å². The van der Waals surface area contributed by atoms with Crippen LogP contribution in [0.4, 0.5) is 0 Å². The van der Waals surface area contributed by atoms with E-state index in [1.165, 1.54) is 82.4 Å². The van der Waals surface area contributed by atoms with Crippen LogP contribution in [0.5, 0.6) is 0 Å². The molecule has 1 aromatic heterocycles. The molecule has 242 valence electrons. The van der Waals surface area contributed by atoms with Crippen molar-refractivity contribution in [2.75, 3.05) is 0 Å². The third-order valence-electron chi connectivity index (χ3n) is 10.0. The molecular weight excluding hydrogens is 605 g/mol. The lowest BCUT2D eigenvalue weighted by molar-refractivity contribution is 0.591. The fourth-order valence-electron chi connectivity index (χ4n) is 7.34. The van der Waals surface area contributed by atoms with Crippen LogP contribution in [0.25, 0.3) is 82.5 Å². The van der Waals surface area contributed by atoms with Gasteiger partial charge < -0.3 is 0 Å². The van der Waals surface area contributed by atoms with E-state index in [-0.39, 0.29) is 5.41 Å². The predicted molar refractivity (Wildman–Crippen MR) is 216 cm³/mol. The Morgan fingerprint density at radius 3 is 1.44 bits per heavy atom. The second-order valence-electron chi connectivity index (χ2n) is 14.1. The van der Waals surface area contributed by atoms with Crippen LogP contribution in [-0.4, -0.2) is 11.2 Å². The smallest absolute Gasteiger partial charge is 0.0655 e. The van der Waals surface area contributed by atoms with Crippen molar-refractivity contribution in [2.24, 2.45) is 4.99 Å². The Morgan fingerprint density at radius 2 is 0.980 bits per heavy atom. The van der Waals surface area contributed by atoms with E-state index in [0.29, 0.717) is 0 Å². The Morgan fingerprint density at radius 1 is 0.520 bits per heavy atom. The molecule has 0 saturated carbocycles. The molecule has 0 aliphatic carbocycles. The first-order valence-electron chi connectivity index (χ1n) is 17.5. The first-order chi connectivity index (χ1) is 24.3. The van der Waals surface area contributed by atoms with Gasteiger partial charge in [0.05, 0.1) is 5.70 Å². The van der Waals surface area contributed by atoms with Crippen molar-refractivity contribution in [1.29, 1.82) is 0 Å². The highest BCUT2D eigenvalue weighted by Gasteiger charge is 2.20. The monoisotopic (exact) mass is 644 g/mol. The van der Waals surface area contributed by atoms with Crippen molar-refractivity contribution in [3.05, 3.63) is 157 Å². The van der Waals surface area contributed by atoms with Gasteiger partial charge in [0.15, 0.2) is 0 Å². The van der Waals surface area contributed by atoms with Crippen molar-refractivity contribution in [2.45, 2.75) is 40.0 Å². The largest absolute Gasteiger partial charge is 0.265 e. The lowest BCUT2D eigenvalue weighted by Gasteiger charge is -2.23. The average molecular weight is 645 g/mol. The Kier molecular flexibility index (Phi) is 7.88. The minimum absolute atomic E-state index is 0.0667. The molecular formula is C48H40N2. The van der Waals surface area contributed by atoms with Gasteiger partial charge in [0, 0.05) is 18.6 Å². The predicted octanol–water partition coefficient (Wildman–Crippen LogP) is 13.4. The van der Waals surface area contributed by atoms with Crippen LogP contribution in [-0.2, 0) is 5.41 Å². The average Bonchev–Trinajstić information content (AvgIpc) is 3.16. The summed E-state index contributed by atoms with van der Waals surface area (Å²) in [4.78, 5) is 8.74. The van der Waals surface area contributed by atoms with Gasteiger partial charge in [-0.05, 0) is 125 Å². The molecule has 0 N–H and O–H groups in total. The highest BCUT2D eigenvalue weighted by Crippen LogP contribution is 2.45. The molecule has 0 atom stereocenters. The summed E-state index contributed by atoms with van der Waals surface area (Å²) in [5, 5.41) is 7.82. The summed E-state index contributed by atoms with van der Waals surface area (Å²) >= 11 is 0. The van der Waals surface area contributed by atoms with E-state index in [2.05, 4.69) is 152 Å². The van der Waals surface area contributed by atoms with Gasteiger partial charge in [-0.1, -0.05) is 136 Å². The molecule has 0 aliphatic rings. The summed E-state index contributed by atoms with van der Waals surface area (Å²) in [6.07, 6.45) is 7.60. The van der Waals surface area contributed by atoms with Gasteiger partial charge in [-0.25, -0.2) is 0 Å². The first kappa shape index (κ1) is 31.4. The SMILES string of the molecule is CC=N/C(=C\C)c1ccc(-c2cc(-c3ccc(-c4ccc(-c5ccncc5)cc4)cc3)c3ccc4cc(C(C)(C)C)cc5ccc2c3c54)cc1. The lowest BCUT2D eigenvalue weighted by atomic mass is 9.81. The molecule has 0 radical (unpaired) electrons. The van der Waals surface area contributed by atoms with Gasteiger partial charge in [0.2, 0.25) is 0 Å². The number of aromatic nitrogens is 1. The molecule has 2 heteroatoms. The van der Waals surface area contributed by atoms with Crippen LogP contribution < -0.4 is 0 Å². The first-order valence-corrected chi connectivity index (χ1v) is 17.5. The zero-order valence-electron chi connectivity index (χ0n) is 29.3. The highest BCUT2D eigenvalue weighted by atomic mass is 14.7. The van der Waals surface area contributed by atoms with Gasteiger partial charge >= 0.3 is 0 Å². The topological polar surface area (TPSA) is 25.2 Å². The van der Waals surface area contributed by atoms with Crippen molar-refractivity contribution in [3.8, 4) is 44.5 Å². The summed E-state index contributed by atoms with van der Waals surface area (Å²) in [6.45, 7) is 10.9. The number of benzene rings is 7. The van der Waals surface area contributed by atoms with Crippen LogP contribution in [0, 0.1) is 0 Å². The van der Waals surface area contributed by atoms with E-state index in [1.807, 2.05) is 44.6 Å². The zero-order valence-corrected chi connectivity index (χ0v) is 29.3. The quantitative estimate of drug-likeness (QED) is 0.131. The van der Waals surface area contributed by atoms with Crippen molar-refractivity contribution in [1.82, 2.24) is 4.98 Å². The third-order valence-corrected chi connectivity index (χ3v) is 10.0. The molecule has 8 rings (SSSR count). The second kappa shape index (κ2) is 12.5. The van der Waals surface area contributed by atoms with Gasteiger partial charge in [-0.15, -0.1) is 0 Å². The van der Waals surface area contributed by atoms with Gasteiger partial charge in [-0.2, -0.15) is 0 Å². The molecule has 50 heavy (non-hydrogen) atoms. The maximum Gasteiger partial charge on any atom is 0.0655 e. The standard InChI is InChI=1S/C48H40N2/c1-6-45(50-7-2)37-18-16-36(17-19-37)44-30-43(35-14-12-32(13-15-35)31-8-10-33(11-9-31)34-24-26-49-27-25-34)41-22-20-38-28-40(48(3,4)5)29-39-21-23-42(44)47(41)46(38)39/h6-30H,1-5H3/b45-6-,50-7?. The number of hydrogen-bond donors (Lipinski definition) is 0. The molecule has 2 nitrogen and oxygen atoms in total. The number of nitrogens with zero attached hydrogens (tertiary/aromatic N) is 2. The van der Waals surface area contributed by atoms with Gasteiger partial charge in [0.25, 0.3) is 0 Å². The Hall–Kier alpha value is -5.86. The lowest BCUT2D eigenvalue weighted by Crippen LogP contribution is -2.10. The molecule has 0 amide bonds. The van der Waals surface area contributed by atoms with Crippen LogP contribution in [0.15, 0.2) is 151 Å². The highest BCUT2D eigenvalue weighted by molar-refractivity contribution is 6.28.